The molecule has 2 N–H and O–H groups in total. The average molecular weight is 266 g/mol. The van der Waals surface area contributed by atoms with Crippen molar-refractivity contribution in [3.05, 3.63) is 33.9 Å². The van der Waals surface area contributed by atoms with Gasteiger partial charge in [-0.1, -0.05) is 0 Å². The summed E-state index contributed by atoms with van der Waals surface area (Å²) in [5.41, 5.74) is 0.411. The number of carbonyl (C=O) groups excluding carboxylic acids is 1. The van der Waals surface area contributed by atoms with E-state index in [0.29, 0.717) is 12.8 Å². The second-order valence-corrected chi connectivity index (χ2v) is 4.45. The quantitative estimate of drug-likeness (QED) is 0.484. The molecular weight excluding hydrogens is 252 g/mol. The van der Waals surface area contributed by atoms with Crippen molar-refractivity contribution in [3.63, 3.8) is 0 Å². The Labute approximate surface area is 109 Å². The van der Waals surface area contributed by atoms with Gasteiger partial charge >= 0.3 is 5.97 Å². The van der Waals surface area contributed by atoms with Gasteiger partial charge in [0.25, 0.3) is 5.69 Å². The maximum Gasteiger partial charge on any atom is 0.337 e. The first-order valence-electron chi connectivity index (χ1n) is 5.82. The molecule has 19 heavy (non-hydrogen) atoms. The summed E-state index contributed by atoms with van der Waals surface area (Å²) in [4.78, 5) is 21.8. The van der Waals surface area contributed by atoms with E-state index in [0.717, 1.165) is 0 Å². The van der Waals surface area contributed by atoms with Crippen LogP contribution in [0.1, 0.15) is 23.2 Å². The molecule has 102 valence electrons. The van der Waals surface area contributed by atoms with Crippen LogP contribution in [-0.2, 0) is 4.74 Å². The molecule has 0 unspecified atom stereocenters. The Balaban J connectivity index is 2.25. The summed E-state index contributed by atoms with van der Waals surface area (Å²) in [5.74, 6) is -0.549. The molecule has 0 atom stereocenters. The van der Waals surface area contributed by atoms with E-state index in [9.17, 15) is 20.0 Å². The van der Waals surface area contributed by atoms with E-state index in [-0.39, 0.29) is 29.1 Å². The summed E-state index contributed by atoms with van der Waals surface area (Å²) in [6.45, 7) is 0. The first kappa shape index (κ1) is 13.3. The van der Waals surface area contributed by atoms with Crippen LogP contribution < -0.4 is 5.32 Å². The van der Waals surface area contributed by atoms with E-state index < -0.39 is 10.9 Å². The molecule has 1 aliphatic rings. The number of nitro benzene ring substituents is 1. The first-order valence-corrected chi connectivity index (χ1v) is 5.82. The van der Waals surface area contributed by atoms with Gasteiger partial charge in [-0.25, -0.2) is 4.79 Å². The summed E-state index contributed by atoms with van der Waals surface area (Å²) < 4.78 is 4.58. The van der Waals surface area contributed by atoms with Crippen molar-refractivity contribution in [3.8, 4) is 0 Å². The van der Waals surface area contributed by atoms with Crippen LogP contribution in [0, 0.1) is 10.1 Å². The zero-order chi connectivity index (χ0) is 14.0. The second kappa shape index (κ2) is 5.23. The van der Waals surface area contributed by atoms with E-state index in [4.69, 9.17) is 0 Å². The van der Waals surface area contributed by atoms with Crippen LogP contribution in [0.2, 0.25) is 0 Å². The Hall–Kier alpha value is -2.15. The SMILES string of the molecule is COC(=O)c1ccc([N+](=O)[O-])c(NC2CC(O)C2)c1. The molecule has 0 bridgehead atoms. The summed E-state index contributed by atoms with van der Waals surface area (Å²) in [7, 11) is 1.25. The summed E-state index contributed by atoms with van der Waals surface area (Å²) in [5, 5.41) is 23.1. The molecular formula is C12H14N2O5. The minimum Gasteiger partial charge on any atom is -0.465 e. The highest BCUT2D eigenvalue weighted by Crippen LogP contribution is 2.30. The molecule has 0 spiro atoms. The van der Waals surface area contributed by atoms with Crippen LogP contribution in [0.15, 0.2) is 18.2 Å². The lowest BCUT2D eigenvalue weighted by molar-refractivity contribution is -0.384. The summed E-state index contributed by atoms with van der Waals surface area (Å²) >= 11 is 0. The number of nitrogens with zero attached hydrogens (tertiary/aromatic N) is 1. The molecule has 0 amide bonds. The van der Waals surface area contributed by atoms with E-state index in [1.165, 1.54) is 25.3 Å². The van der Waals surface area contributed by atoms with Gasteiger partial charge in [0.1, 0.15) is 5.69 Å². The van der Waals surface area contributed by atoms with Crippen LogP contribution >= 0.6 is 0 Å². The smallest absolute Gasteiger partial charge is 0.337 e. The highest BCUT2D eigenvalue weighted by atomic mass is 16.6. The van der Waals surface area contributed by atoms with E-state index in [1.807, 2.05) is 0 Å². The van der Waals surface area contributed by atoms with E-state index in [2.05, 4.69) is 10.1 Å². The normalized spacial score (nSPS) is 21.4. The molecule has 0 aromatic heterocycles. The monoisotopic (exact) mass is 266 g/mol. The van der Waals surface area contributed by atoms with Crippen molar-refractivity contribution in [2.24, 2.45) is 0 Å². The molecule has 2 rings (SSSR count). The predicted octanol–water partition coefficient (Wildman–Crippen LogP) is 1.32. The molecule has 7 nitrogen and oxygen atoms in total. The molecule has 1 aromatic carbocycles. The lowest BCUT2D eigenvalue weighted by Crippen LogP contribution is -2.39. The molecule has 0 saturated heterocycles. The molecule has 0 radical (unpaired) electrons. The van der Waals surface area contributed by atoms with Crippen molar-refractivity contribution in [2.45, 2.75) is 25.0 Å². The van der Waals surface area contributed by atoms with Crippen LogP contribution in [0.25, 0.3) is 0 Å². The Bertz CT molecular complexity index is 511. The number of nitrogens with one attached hydrogen (secondary N) is 1. The maximum atomic E-state index is 11.4. The number of esters is 1. The van der Waals surface area contributed by atoms with E-state index >= 15 is 0 Å². The van der Waals surface area contributed by atoms with Gasteiger partial charge in [-0.2, -0.15) is 0 Å². The molecule has 0 heterocycles. The Morgan fingerprint density at radius 3 is 2.74 bits per heavy atom. The van der Waals surface area contributed by atoms with Crippen LogP contribution in [0.4, 0.5) is 11.4 Å². The number of hydrogen-bond donors (Lipinski definition) is 2. The minimum absolute atomic E-state index is 0.0124. The van der Waals surface area contributed by atoms with Crippen molar-refractivity contribution in [1.82, 2.24) is 0 Å². The fraction of sp³-hybridized carbons (Fsp3) is 0.417. The number of rotatable bonds is 4. The topological polar surface area (TPSA) is 102 Å². The molecule has 1 aliphatic carbocycles. The zero-order valence-corrected chi connectivity index (χ0v) is 10.3. The number of aliphatic hydroxyl groups is 1. The molecule has 7 heteroatoms. The number of ether oxygens (including phenoxy) is 1. The van der Waals surface area contributed by atoms with E-state index in [1.54, 1.807) is 0 Å². The average Bonchev–Trinajstić information content (AvgIpc) is 2.35. The van der Waals surface area contributed by atoms with Crippen molar-refractivity contribution in [1.29, 1.82) is 0 Å². The zero-order valence-electron chi connectivity index (χ0n) is 10.3. The Morgan fingerprint density at radius 1 is 1.53 bits per heavy atom. The Morgan fingerprint density at radius 2 is 2.21 bits per heavy atom. The first-order chi connectivity index (χ1) is 9.01. The van der Waals surface area contributed by atoms with Gasteiger partial charge in [-0.3, -0.25) is 10.1 Å². The van der Waals surface area contributed by atoms with Crippen molar-refractivity contribution in [2.75, 3.05) is 12.4 Å². The van der Waals surface area contributed by atoms with Gasteiger partial charge in [0.15, 0.2) is 0 Å². The van der Waals surface area contributed by atoms with Crippen LogP contribution in [-0.4, -0.2) is 35.3 Å². The lowest BCUT2D eigenvalue weighted by atomic mass is 9.89. The Kier molecular flexibility index (Phi) is 3.66. The number of aliphatic hydroxyl groups excluding tert-OH is 1. The van der Waals surface area contributed by atoms with Gasteiger partial charge in [0.2, 0.25) is 0 Å². The van der Waals surface area contributed by atoms with Crippen LogP contribution in [0.5, 0.6) is 0 Å². The third kappa shape index (κ3) is 2.82. The highest BCUT2D eigenvalue weighted by molar-refractivity contribution is 5.91. The number of methoxy groups -OCH3 is 1. The molecule has 1 aromatic rings. The standard InChI is InChI=1S/C12H14N2O5/c1-19-12(16)7-2-3-11(14(17)18)10(4-7)13-8-5-9(15)6-8/h2-4,8-9,13,15H,5-6H2,1H3. The van der Waals surface area contributed by atoms with Gasteiger partial charge in [-0.15, -0.1) is 0 Å². The summed E-state index contributed by atoms with van der Waals surface area (Å²) in [6.07, 6.45) is 0.722. The minimum atomic E-state index is -0.549. The van der Waals surface area contributed by atoms with Crippen molar-refractivity contribution < 1.29 is 19.6 Å². The van der Waals surface area contributed by atoms with Gasteiger partial charge in [-0.05, 0) is 25.0 Å². The number of nitro groups is 1. The number of anilines is 1. The lowest BCUT2D eigenvalue weighted by Gasteiger charge is -2.32. The van der Waals surface area contributed by atoms with Crippen LogP contribution in [0.3, 0.4) is 0 Å². The molecule has 1 saturated carbocycles. The largest absolute Gasteiger partial charge is 0.465 e. The number of hydrogen-bond acceptors (Lipinski definition) is 6. The fourth-order valence-corrected chi connectivity index (χ4v) is 1.98. The number of carbonyl (C=O) groups is 1. The fourth-order valence-electron chi connectivity index (χ4n) is 1.98. The number of benzene rings is 1. The highest BCUT2D eigenvalue weighted by Gasteiger charge is 2.29. The third-order valence-corrected chi connectivity index (χ3v) is 3.09. The van der Waals surface area contributed by atoms with Gasteiger partial charge in [0, 0.05) is 12.1 Å². The predicted molar refractivity (Wildman–Crippen MR) is 67.1 cm³/mol. The molecule has 1 fully saturated rings. The second-order valence-electron chi connectivity index (χ2n) is 4.45. The third-order valence-electron chi connectivity index (χ3n) is 3.09. The summed E-state index contributed by atoms with van der Waals surface area (Å²) in [6, 6.07) is 4.00. The van der Waals surface area contributed by atoms with Gasteiger partial charge in [0.05, 0.1) is 23.7 Å². The molecule has 0 aliphatic heterocycles. The van der Waals surface area contributed by atoms with Gasteiger partial charge < -0.3 is 15.2 Å². The maximum absolute atomic E-state index is 11.4. The van der Waals surface area contributed by atoms with Crippen molar-refractivity contribution >= 4 is 17.3 Å².